The van der Waals surface area contributed by atoms with Crippen molar-refractivity contribution in [3.8, 4) is 11.5 Å². The van der Waals surface area contributed by atoms with Crippen LogP contribution in [0.25, 0.3) is 0 Å². The zero-order chi connectivity index (χ0) is 15.6. The number of carbonyl (C=O) groups excluding carboxylic acids is 1. The van der Waals surface area contributed by atoms with Crippen LogP contribution in [0.4, 0.5) is 0 Å². The molecule has 0 aliphatic heterocycles. The molecule has 110 valence electrons. The Morgan fingerprint density at radius 3 is 2.29 bits per heavy atom. The number of aryl methyl sites for hydroxylation is 1. The molecule has 0 unspecified atom stereocenters. The first-order valence-corrected chi connectivity index (χ1v) is 7.37. The summed E-state index contributed by atoms with van der Waals surface area (Å²) >= 11 is 9.36. The third-order valence-corrected chi connectivity index (χ3v) is 4.22. The summed E-state index contributed by atoms with van der Waals surface area (Å²) in [5, 5.41) is 0.514. The second-order valence-electron chi connectivity index (χ2n) is 4.48. The highest BCUT2D eigenvalue weighted by Crippen LogP contribution is 2.32. The molecule has 0 saturated carbocycles. The van der Waals surface area contributed by atoms with E-state index in [1.807, 2.05) is 13.0 Å². The van der Waals surface area contributed by atoms with Crippen LogP contribution in [-0.2, 0) is 0 Å². The van der Waals surface area contributed by atoms with E-state index >= 15 is 0 Å². The first-order chi connectivity index (χ1) is 9.97. The minimum atomic E-state index is -0.180. The quantitative estimate of drug-likeness (QED) is 0.735. The van der Waals surface area contributed by atoms with E-state index in [-0.39, 0.29) is 5.78 Å². The number of ether oxygens (including phenoxy) is 2. The highest BCUT2D eigenvalue weighted by molar-refractivity contribution is 9.10. The molecule has 0 aliphatic rings. The summed E-state index contributed by atoms with van der Waals surface area (Å²) in [6, 6.07) is 8.50. The predicted molar refractivity (Wildman–Crippen MR) is 86.9 cm³/mol. The average Bonchev–Trinajstić information content (AvgIpc) is 2.48. The van der Waals surface area contributed by atoms with Crippen molar-refractivity contribution >= 4 is 33.3 Å². The van der Waals surface area contributed by atoms with Crippen molar-refractivity contribution < 1.29 is 14.3 Å². The van der Waals surface area contributed by atoms with Crippen molar-refractivity contribution in [2.24, 2.45) is 0 Å². The summed E-state index contributed by atoms with van der Waals surface area (Å²) < 4.78 is 11.4. The van der Waals surface area contributed by atoms with E-state index in [0.29, 0.717) is 27.6 Å². The fraction of sp³-hybridized carbons (Fsp3) is 0.188. The molecule has 3 nitrogen and oxygen atoms in total. The summed E-state index contributed by atoms with van der Waals surface area (Å²) in [6.45, 7) is 1.93. The molecule has 21 heavy (non-hydrogen) atoms. The lowest BCUT2D eigenvalue weighted by atomic mass is 10.0. The Morgan fingerprint density at radius 1 is 1.05 bits per heavy atom. The molecular formula is C16H14BrClO3. The second kappa shape index (κ2) is 6.50. The van der Waals surface area contributed by atoms with Gasteiger partial charge >= 0.3 is 0 Å². The molecule has 0 spiro atoms. The molecular weight excluding hydrogens is 356 g/mol. The van der Waals surface area contributed by atoms with Crippen molar-refractivity contribution in [2.75, 3.05) is 14.2 Å². The molecule has 0 amide bonds. The number of carbonyl (C=O) groups is 1. The van der Waals surface area contributed by atoms with Crippen LogP contribution in [0.5, 0.6) is 11.5 Å². The molecule has 0 heterocycles. The van der Waals surface area contributed by atoms with E-state index in [9.17, 15) is 4.79 Å². The number of hydrogen-bond acceptors (Lipinski definition) is 3. The molecule has 2 aromatic carbocycles. The Balaban J connectivity index is 2.57. The maximum Gasteiger partial charge on any atom is 0.200 e. The van der Waals surface area contributed by atoms with Crippen molar-refractivity contribution in [2.45, 2.75) is 6.92 Å². The third-order valence-electron chi connectivity index (χ3n) is 3.13. The standard InChI is InChI=1S/C16H14BrClO3/c1-9-6-14(20-2)12(8-13(9)17)16(19)11-5-4-10(18)7-15(11)21-3/h4-8H,1-3H3. The van der Waals surface area contributed by atoms with Gasteiger partial charge in [0.2, 0.25) is 5.78 Å². The molecule has 2 aromatic rings. The lowest BCUT2D eigenvalue weighted by molar-refractivity contribution is 0.103. The monoisotopic (exact) mass is 368 g/mol. The number of rotatable bonds is 4. The van der Waals surface area contributed by atoms with Crippen molar-refractivity contribution in [3.63, 3.8) is 0 Å². The van der Waals surface area contributed by atoms with Crippen molar-refractivity contribution in [1.82, 2.24) is 0 Å². The van der Waals surface area contributed by atoms with Crippen LogP contribution in [0.2, 0.25) is 5.02 Å². The highest BCUT2D eigenvalue weighted by atomic mass is 79.9. The Hall–Kier alpha value is -1.52. The Labute approximate surface area is 137 Å². The highest BCUT2D eigenvalue weighted by Gasteiger charge is 2.20. The predicted octanol–water partition coefficient (Wildman–Crippen LogP) is 4.66. The molecule has 0 aromatic heterocycles. The molecule has 0 atom stereocenters. The minimum absolute atomic E-state index is 0.180. The summed E-state index contributed by atoms with van der Waals surface area (Å²) in [6.07, 6.45) is 0. The van der Waals surface area contributed by atoms with Crippen LogP contribution in [0.1, 0.15) is 21.5 Å². The van der Waals surface area contributed by atoms with Gasteiger partial charge in [-0.25, -0.2) is 0 Å². The van der Waals surface area contributed by atoms with E-state index in [2.05, 4.69) is 15.9 Å². The summed E-state index contributed by atoms with van der Waals surface area (Å²) in [4.78, 5) is 12.8. The van der Waals surface area contributed by atoms with Crippen LogP contribution < -0.4 is 9.47 Å². The zero-order valence-electron chi connectivity index (χ0n) is 11.9. The van der Waals surface area contributed by atoms with Crippen molar-refractivity contribution in [1.29, 1.82) is 0 Å². The maximum atomic E-state index is 12.8. The van der Waals surface area contributed by atoms with Crippen LogP contribution in [0.15, 0.2) is 34.8 Å². The lowest BCUT2D eigenvalue weighted by Crippen LogP contribution is -2.06. The van der Waals surface area contributed by atoms with Crippen LogP contribution in [0.3, 0.4) is 0 Å². The third kappa shape index (κ3) is 3.22. The lowest BCUT2D eigenvalue weighted by Gasteiger charge is -2.12. The number of hydrogen-bond donors (Lipinski definition) is 0. The fourth-order valence-corrected chi connectivity index (χ4v) is 2.50. The Kier molecular flexibility index (Phi) is 4.91. The van der Waals surface area contributed by atoms with Gasteiger partial charge in [-0.2, -0.15) is 0 Å². The van der Waals surface area contributed by atoms with Gasteiger partial charge in [-0.15, -0.1) is 0 Å². The van der Waals surface area contributed by atoms with Gasteiger partial charge in [-0.1, -0.05) is 27.5 Å². The number of benzene rings is 2. The van der Waals surface area contributed by atoms with E-state index < -0.39 is 0 Å². The van der Waals surface area contributed by atoms with Gasteiger partial charge in [0.25, 0.3) is 0 Å². The van der Waals surface area contributed by atoms with Gasteiger partial charge in [0.15, 0.2) is 0 Å². The molecule has 0 bridgehead atoms. The molecule has 2 rings (SSSR count). The molecule has 0 saturated heterocycles. The van der Waals surface area contributed by atoms with Gasteiger partial charge in [0.1, 0.15) is 11.5 Å². The van der Waals surface area contributed by atoms with E-state index in [4.69, 9.17) is 21.1 Å². The first kappa shape index (κ1) is 15.9. The summed E-state index contributed by atoms with van der Waals surface area (Å²) in [5.41, 5.74) is 1.90. The van der Waals surface area contributed by atoms with Gasteiger partial charge in [0.05, 0.1) is 25.3 Å². The van der Waals surface area contributed by atoms with Crippen LogP contribution in [0, 0.1) is 6.92 Å². The summed E-state index contributed by atoms with van der Waals surface area (Å²) in [5.74, 6) is 0.782. The molecule has 0 fully saturated rings. The topological polar surface area (TPSA) is 35.5 Å². The molecule has 0 aliphatic carbocycles. The second-order valence-corrected chi connectivity index (χ2v) is 5.77. The van der Waals surface area contributed by atoms with Gasteiger partial charge in [0, 0.05) is 9.50 Å². The minimum Gasteiger partial charge on any atom is -0.496 e. The number of halogens is 2. The molecule has 0 N–H and O–H groups in total. The van der Waals surface area contributed by atoms with Crippen LogP contribution in [-0.4, -0.2) is 20.0 Å². The maximum absolute atomic E-state index is 12.8. The smallest absolute Gasteiger partial charge is 0.200 e. The zero-order valence-corrected chi connectivity index (χ0v) is 14.2. The Morgan fingerprint density at radius 2 is 1.67 bits per heavy atom. The van der Waals surface area contributed by atoms with Gasteiger partial charge < -0.3 is 9.47 Å². The summed E-state index contributed by atoms with van der Waals surface area (Å²) in [7, 11) is 3.04. The normalized spacial score (nSPS) is 10.3. The first-order valence-electron chi connectivity index (χ1n) is 6.20. The molecule has 0 radical (unpaired) electrons. The van der Waals surface area contributed by atoms with E-state index in [0.717, 1.165) is 10.0 Å². The van der Waals surface area contributed by atoms with Crippen molar-refractivity contribution in [3.05, 3.63) is 56.5 Å². The largest absolute Gasteiger partial charge is 0.496 e. The van der Waals surface area contributed by atoms with E-state index in [1.165, 1.54) is 7.11 Å². The Bertz CT molecular complexity index is 698. The fourth-order valence-electron chi connectivity index (χ4n) is 2.00. The van der Waals surface area contributed by atoms with Gasteiger partial charge in [-0.05, 0) is 42.8 Å². The number of ketones is 1. The average molecular weight is 370 g/mol. The molecule has 5 heteroatoms. The SMILES string of the molecule is COc1cc(Cl)ccc1C(=O)c1cc(Br)c(C)cc1OC. The van der Waals surface area contributed by atoms with E-state index in [1.54, 1.807) is 31.4 Å². The van der Waals surface area contributed by atoms with Gasteiger partial charge in [-0.3, -0.25) is 4.79 Å². The van der Waals surface area contributed by atoms with Crippen LogP contribution >= 0.6 is 27.5 Å². The number of methoxy groups -OCH3 is 2.